The highest BCUT2D eigenvalue weighted by molar-refractivity contribution is 5.96. The van der Waals surface area contributed by atoms with Crippen molar-refractivity contribution < 1.29 is 35.9 Å². The first-order chi connectivity index (χ1) is 18.2. The molecule has 214 valence electrons. The van der Waals surface area contributed by atoms with Crippen molar-refractivity contribution in [2.45, 2.75) is 38.7 Å². The van der Waals surface area contributed by atoms with Crippen LogP contribution in [0.15, 0.2) is 60.9 Å². The number of hydrogen-bond acceptors (Lipinski definition) is 3. The second-order valence-corrected chi connectivity index (χ2v) is 9.56. The number of carbonyl (C=O) groups is 2. The molecule has 12 heteroatoms. The van der Waals surface area contributed by atoms with Gasteiger partial charge in [0.05, 0.1) is 22.7 Å². The fourth-order valence-corrected chi connectivity index (χ4v) is 4.60. The number of rotatable bonds is 4. The fourth-order valence-electron chi connectivity index (χ4n) is 4.60. The Morgan fingerprint density at radius 2 is 1.50 bits per heavy atom. The van der Waals surface area contributed by atoms with Crippen molar-refractivity contribution in [2.75, 3.05) is 19.6 Å². The van der Waals surface area contributed by atoms with Gasteiger partial charge in [0, 0.05) is 37.6 Å². The number of amides is 2. The Balaban J connectivity index is 0.00000441. The van der Waals surface area contributed by atoms with Gasteiger partial charge in [0.25, 0.3) is 11.8 Å². The van der Waals surface area contributed by atoms with E-state index in [2.05, 4.69) is 4.98 Å². The van der Waals surface area contributed by atoms with Gasteiger partial charge in [-0.15, -0.1) is 12.4 Å². The monoisotopic (exact) mass is 585 g/mol. The van der Waals surface area contributed by atoms with E-state index in [0.29, 0.717) is 17.7 Å². The summed E-state index contributed by atoms with van der Waals surface area (Å²) in [6.45, 7) is 3.85. The van der Waals surface area contributed by atoms with Gasteiger partial charge < -0.3 is 9.80 Å². The molecule has 0 spiro atoms. The van der Waals surface area contributed by atoms with E-state index in [-0.39, 0.29) is 50.4 Å². The first-order valence-corrected chi connectivity index (χ1v) is 12.1. The lowest BCUT2D eigenvalue weighted by Gasteiger charge is -2.42. The normalized spacial score (nSPS) is 15.9. The SMILES string of the molecule is Cc1ccc(C[C@@H]2CN(C(=O)c3cccnc3)CCN2C(=O)c2cc(C(F)(F)F)cc(C(F)(F)F)c2)cc1C.Cl. The summed E-state index contributed by atoms with van der Waals surface area (Å²) in [4.78, 5) is 33.3. The third-order valence-corrected chi connectivity index (χ3v) is 6.82. The molecule has 2 heterocycles. The van der Waals surface area contributed by atoms with Crippen LogP contribution in [0.5, 0.6) is 0 Å². The molecule has 0 N–H and O–H groups in total. The Hall–Kier alpha value is -3.60. The number of pyridine rings is 1. The van der Waals surface area contributed by atoms with Crippen molar-refractivity contribution in [2.24, 2.45) is 0 Å². The van der Waals surface area contributed by atoms with E-state index in [1.165, 1.54) is 22.2 Å². The lowest BCUT2D eigenvalue weighted by atomic mass is 9.97. The van der Waals surface area contributed by atoms with Gasteiger partial charge in [0.1, 0.15) is 0 Å². The van der Waals surface area contributed by atoms with Crippen molar-refractivity contribution in [3.05, 3.63) is 99.9 Å². The molecule has 0 radical (unpaired) electrons. The van der Waals surface area contributed by atoms with Crippen molar-refractivity contribution in [3.8, 4) is 0 Å². The molecule has 0 saturated carbocycles. The van der Waals surface area contributed by atoms with Crippen LogP contribution in [0, 0.1) is 13.8 Å². The predicted molar refractivity (Wildman–Crippen MR) is 138 cm³/mol. The second-order valence-electron chi connectivity index (χ2n) is 9.56. The molecule has 1 aromatic heterocycles. The standard InChI is InChI=1S/C28H25F6N3O2.ClH/c1-17-5-6-19(10-18(17)2)11-24-16-36(25(38)20-4-3-7-35-15-20)8-9-37(24)26(39)21-12-22(27(29,30)31)14-23(13-21)28(32,33)34;/h3-7,10,12-15,24H,8-9,11,16H2,1-2H3;1H/t24-;/m1./s1. The average molecular weight is 586 g/mol. The van der Waals surface area contributed by atoms with Gasteiger partial charge in [-0.1, -0.05) is 18.2 Å². The van der Waals surface area contributed by atoms with Crippen LogP contribution in [-0.2, 0) is 18.8 Å². The van der Waals surface area contributed by atoms with Gasteiger partial charge in [-0.2, -0.15) is 26.3 Å². The molecule has 1 fully saturated rings. The highest BCUT2D eigenvalue weighted by Crippen LogP contribution is 2.37. The van der Waals surface area contributed by atoms with E-state index in [1.807, 2.05) is 32.0 Å². The topological polar surface area (TPSA) is 53.5 Å². The molecule has 1 saturated heterocycles. The third kappa shape index (κ3) is 6.93. The minimum absolute atomic E-state index is 0. The maximum Gasteiger partial charge on any atom is 0.416 e. The van der Waals surface area contributed by atoms with Gasteiger partial charge in [0.2, 0.25) is 0 Å². The Labute approximate surface area is 233 Å². The summed E-state index contributed by atoms with van der Waals surface area (Å²) in [7, 11) is 0. The fraction of sp³-hybridized carbons (Fsp3) is 0.321. The highest BCUT2D eigenvalue weighted by atomic mass is 35.5. The van der Waals surface area contributed by atoms with Gasteiger partial charge in [-0.3, -0.25) is 14.6 Å². The van der Waals surface area contributed by atoms with Crippen LogP contribution in [0.2, 0.25) is 0 Å². The lowest BCUT2D eigenvalue weighted by Crippen LogP contribution is -2.57. The number of halogens is 7. The number of nitrogens with zero attached hydrogens (tertiary/aromatic N) is 3. The van der Waals surface area contributed by atoms with Crippen molar-refractivity contribution in [1.82, 2.24) is 14.8 Å². The number of aromatic nitrogens is 1. The van der Waals surface area contributed by atoms with E-state index >= 15 is 0 Å². The molecule has 2 aromatic carbocycles. The second kappa shape index (κ2) is 11.9. The van der Waals surface area contributed by atoms with Crippen LogP contribution in [0.3, 0.4) is 0 Å². The molecule has 0 bridgehead atoms. The molecule has 2 amide bonds. The van der Waals surface area contributed by atoms with Gasteiger partial charge in [-0.05, 0) is 67.3 Å². The van der Waals surface area contributed by atoms with Crippen LogP contribution in [0.1, 0.15) is 48.5 Å². The Kier molecular flexibility index (Phi) is 9.18. The van der Waals surface area contributed by atoms with Gasteiger partial charge in [0.15, 0.2) is 0 Å². The number of benzene rings is 2. The van der Waals surface area contributed by atoms with Crippen molar-refractivity contribution in [3.63, 3.8) is 0 Å². The molecule has 40 heavy (non-hydrogen) atoms. The first-order valence-electron chi connectivity index (χ1n) is 12.1. The van der Waals surface area contributed by atoms with Gasteiger partial charge >= 0.3 is 12.4 Å². The van der Waals surface area contributed by atoms with E-state index < -0.39 is 41.0 Å². The maximum absolute atomic E-state index is 13.5. The summed E-state index contributed by atoms with van der Waals surface area (Å²) in [5, 5.41) is 0. The summed E-state index contributed by atoms with van der Waals surface area (Å²) in [6.07, 6.45) is -7.00. The Morgan fingerprint density at radius 1 is 0.850 bits per heavy atom. The number of hydrogen-bond donors (Lipinski definition) is 0. The summed E-state index contributed by atoms with van der Waals surface area (Å²) in [5.74, 6) is -1.30. The highest BCUT2D eigenvalue weighted by Gasteiger charge is 2.39. The predicted octanol–water partition coefficient (Wildman–Crippen LogP) is 6.37. The van der Waals surface area contributed by atoms with E-state index in [0.717, 1.165) is 16.7 Å². The molecule has 3 aromatic rings. The molecule has 0 aliphatic carbocycles. The zero-order valence-corrected chi connectivity index (χ0v) is 22.3. The van der Waals surface area contributed by atoms with Crippen LogP contribution < -0.4 is 0 Å². The number of aryl methyl sites for hydroxylation is 2. The molecule has 1 aliphatic rings. The van der Waals surface area contributed by atoms with Crippen molar-refractivity contribution >= 4 is 24.2 Å². The number of carbonyl (C=O) groups excluding carboxylic acids is 2. The first kappa shape index (κ1) is 30.9. The maximum atomic E-state index is 13.5. The molecule has 4 rings (SSSR count). The molecule has 0 unspecified atom stereocenters. The molecule has 1 aliphatic heterocycles. The molecular formula is C28H26ClF6N3O2. The minimum atomic E-state index is -5.08. The zero-order valence-electron chi connectivity index (χ0n) is 21.5. The van der Waals surface area contributed by atoms with Gasteiger partial charge in [-0.25, -0.2) is 0 Å². The van der Waals surface area contributed by atoms with E-state index in [9.17, 15) is 35.9 Å². The van der Waals surface area contributed by atoms with Crippen LogP contribution in [0.25, 0.3) is 0 Å². The summed E-state index contributed by atoms with van der Waals surface area (Å²) in [5.41, 5.74) is -0.668. The number of piperazine rings is 1. The van der Waals surface area contributed by atoms with Crippen LogP contribution in [0.4, 0.5) is 26.3 Å². The minimum Gasteiger partial charge on any atom is -0.335 e. The van der Waals surface area contributed by atoms with Crippen molar-refractivity contribution in [1.29, 1.82) is 0 Å². The smallest absolute Gasteiger partial charge is 0.335 e. The van der Waals surface area contributed by atoms with E-state index in [1.54, 1.807) is 12.1 Å². The summed E-state index contributed by atoms with van der Waals surface area (Å²) >= 11 is 0. The Morgan fingerprint density at radius 3 is 2.05 bits per heavy atom. The van der Waals surface area contributed by atoms with E-state index in [4.69, 9.17) is 0 Å². The summed E-state index contributed by atoms with van der Waals surface area (Å²) < 4.78 is 80.6. The third-order valence-electron chi connectivity index (χ3n) is 6.82. The molecular weight excluding hydrogens is 560 g/mol. The van der Waals surface area contributed by atoms with Crippen LogP contribution >= 0.6 is 12.4 Å². The zero-order chi connectivity index (χ0) is 28.5. The average Bonchev–Trinajstić information content (AvgIpc) is 2.89. The number of alkyl halides is 6. The van der Waals surface area contributed by atoms with Crippen LogP contribution in [-0.4, -0.2) is 52.3 Å². The summed E-state index contributed by atoms with van der Waals surface area (Å²) in [6, 6.07) is 9.02. The quantitative estimate of drug-likeness (QED) is 0.335. The molecule has 5 nitrogen and oxygen atoms in total. The lowest BCUT2D eigenvalue weighted by molar-refractivity contribution is -0.143. The molecule has 1 atom stereocenters. The Bertz CT molecular complexity index is 1350. The largest absolute Gasteiger partial charge is 0.416 e.